The van der Waals surface area contributed by atoms with Gasteiger partial charge in [0, 0.05) is 18.0 Å². The molecule has 1 unspecified atom stereocenters. The predicted molar refractivity (Wildman–Crippen MR) is 90.9 cm³/mol. The molecule has 4 N–H and O–H groups in total. The van der Waals surface area contributed by atoms with Crippen LogP contribution in [0.15, 0.2) is 60.1 Å². The van der Waals surface area contributed by atoms with E-state index in [0.717, 1.165) is 16.7 Å². The lowest BCUT2D eigenvalue weighted by Crippen LogP contribution is -2.39. The van der Waals surface area contributed by atoms with Crippen molar-refractivity contribution in [3.8, 4) is 17.0 Å². The van der Waals surface area contributed by atoms with E-state index in [2.05, 4.69) is 19.9 Å². The van der Waals surface area contributed by atoms with Crippen molar-refractivity contribution in [3.63, 3.8) is 0 Å². The van der Waals surface area contributed by atoms with Crippen LogP contribution in [0.5, 0.6) is 5.88 Å². The highest BCUT2D eigenvalue weighted by molar-refractivity contribution is 6.06. The average Bonchev–Trinajstić information content (AvgIpc) is 2.62. The maximum atomic E-state index is 6.06. The molecule has 118 valence electrons. The number of nitrogens with zero attached hydrogens (tertiary/aromatic N) is 4. The molecule has 4 rings (SSSR count). The number of rotatable bonds is 2. The van der Waals surface area contributed by atoms with Gasteiger partial charge < -0.3 is 10.5 Å². The second-order valence-corrected chi connectivity index (χ2v) is 5.26. The van der Waals surface area contributed by atoms with Gasteiger partial charge in [-0.25, -0.2) is 9.98 Å². The van der Waals surface area contributed by atoms with Crippen LogP contribution in [-0.2, 0) is 0 Å². The summed E-state index contributed by atoms with van der Waals surface area (Å²) in [6, 6.07) is 11.8. The second kappa shape index (κ2) is 5.71. The van der Waals surface area contributed by atoms with Gasteiger partial charge in [-0.2, -0.15) is 4.98 Å². The fraction of sp³-hybridized carbons (Fsp3) is 0.0588. The van der Waals surface area contributed by atoms with Gasteiger partial charge in [0.25, 0.3) is 0 Å². The van der Waals surface area contributed by atoms with Gasteiger partial charge in [-0.05, 0) is 23.3 Å². The number of aromatic nitrogens is 3. The fourth-order valence-corrected chi connectivity index (χ4v) is 2.53. The van der Waals surface area contributed by atoms with Crippen LogP contribution in [-0.4, -0.2) is 26.9 Å². The van der Waals surface area contributed by atoms with Gasteiger partial charge in [-0.15, -0.1) is 0 Å². The minimum absolute atomic E-state index is 0.262. The molecule has 0 fully saturated rings. The molecule has 0 saturated carbocycles. The topological polar surface area (TPSA) is 112 Å². The Morgan fingerprint density at radius 3 is 2.29 bits per heavy atom. The minimum Gasteiger partial charge on any atom is -0.451 e. The highest BCUT2D eigenvalue weighted by Gasteiger charge is 2.25. The Hall–Kier alpha value is -3.32. The molecule has 0 saturated heterocycles. The number of benzene rings is 1. The van der Waals surface area contributed by atoms with Crippen LogP contribution in [0.3, 0.4) is 0 Å². The number of hydrogen-bond donors (Lipinski definition) is 2. The van der Waals surface area contributed by atoms with E-state index >= 15 is 0 Å². The highest BCUT2D eigenvalue weighted by Crippen LogP contribution is 2.34. The van der Waals surface area contributed by atoms with Crippen LogP contribution < -0.4 is 16.2 Å². The normalized spacial score (nSPS) is 16.0. The van der Waals surface area contributed by atoms with Crippen LogP contribution in [0.2, 0.25) is 0 Å². The summed E-state index contributed by atoms with van der Waals surface area (Å²) in [5.74, 6) is 0.560. The Morgan fingerprint density at radius 2 is 1.54 bits per heavy atom. The first kappa shape index (κ1) is 14.3. The van der Waals surface area contributed by atoms with Gasteiger partial charge in [0.15, 0.2) is 17.7 Å². The molecule has 24 heavy (non-hydrogen) atoms. The third-order valence-corrected chi connectivity index (χ3v) is 3.75. The largest absolute Gasteiger partial charge is 0.451 e. The van der Waals surface area contributed by atoms with Crippen LogP contribution in [0.1, 0.15) is 5.56 Å². The molecule has 0 radical (unpaired) electrons. The summed E-state index contributed by atoms with van der Waals surface area (Å²) in [7, 11) is 0. The van der Waals surface area contributed by atoms with Crippen molar-refractivity contribution < 1.29 is 4.74 Å². The maximum absolute atomic E-state index is 6.06. The Morgan fingerprint density at radius 1 is 0.875 bits per heavy atom. The smallest absolute Gasteiger partial charge is 0.247 e. The first-order chi connectivity index (χ1) is 11.7. The second-order valence-electron chi connectivity index (χ2n) is 5.26. The minimum atomic E-state index is -0.710. The molecular weight excluding hydrogens is 304 g/mol. The summed E-state index contributed by atoms with van der Waals surface area (Å²) in [6.07, 6.45) is 4.14. The Labute approximate surface area is 138 Å². The number of pyridine rings is 1. The van der Waals surface area contributed by atoms with Crippen molar-refractivity contribution in [1.82, 2.24) is 15.0 Å². The molecule has 0 bridgehead atoms. The van der Waals surface area contributed by atoms with Crippen molar-refractivity contribution in [2.75, 3.05) is 5.73 Å². The van der Waals surface area contributed by atoms with Crippen LogP contribution in [0, 0.1) is 0 Å². The zero-order chi connectivity index (χ0) is 16.5. The number of nitrogen functional groups attached to an aromatic ring is 1. The number of ether oxygens (including phenoxy) is 1. The quantitative estimate of drug-likeness (QED) is 0.746. The molecule has 0 amide bonds. The lowest BCUT2D eigenvalue weighted by atomic mass is 10.0. The van der Waals surface area contributed by atoms with E-state index in [1.165, 1.54) is 6.33 Å². The predicted octanol–water partition coefficient (Wildman–Crippen LogP) is 1.92. The molecule has 1 aromatic carbocycles. The van der Waals surface area contributed by atoms with Crippen molar-refractivity contribution in [2.45, 2.75) is 6.23 Å². The summed E-state index contributed by atoms with van der Waals surface area (Å²) < 4.78 is 5.60. The number of fused-ring (bicyclic) bond motifs is 1. The van der Waals surface area contributed by atoms with Crippen LogP contribution in [0.25, 0.3) is 11.1 Å². The van der Waals surface area contributed by atoms with E-state index in [9.17, 15) is 0 Å². The molecule has 1 aliphatic heterocycles. The third-order valence-electron chi connectivity index (χ3n) is 3.75. The Balaban J connectivity index is 1.72. The molecule has 2 aromatic heterocycles. The summed E-state index contributed by atoms with van der Waals surface area (Å²) >= 11 is 0. The van der Waals surface area contributed by atoms with E-state index in [1.807, 2.05) is 36.4 Å². The zero-order valence-corrected chi connectivity index (χ0v) is 12.6. The van der Waals surface area contributed by atoms with Crippen LogP contribution >= 0.6 is 0 Å². The number of nitrogens with two attached hydrogens (primary N) is 2. The first-order valence-corrected chi connectivity index (χ1v) is 7.34. The van der Waals surface area contributed by atoms with Gasteiger partial charge in [0.1, 0.15) is 12.0 Å². The number of aliphatic imine (C=N–C) groups is 1. The van der Waals surface area contributed by atoms with Gasteiger partial charge in [0.2, 0.25) is 5.88 Å². The van der Waals surface area contributed by atoms with Gasteiger partial charge in [-0.3, -0.25) is 10.7 Å². The van der Waals surface area contributed by atoms with Crippen molar-refractivity contribution in [3.05, 3.63) is 60.7 Å². The molecule has 3 aromatic rings. The summed E-state index contributed by atoms with van der Waals surface area (Å²) in [6.45, 7) is 0. The SMILES string of the molecule is Nc1ncnc2c1N=C(c1ccc(-c3ccncc3)cc1)C(N)O2. The Bertz CT molecular complexity index is 908. The first-order valence-electron chi connectivity index (χ1n) is 7.34. The van der Waals surface area contributed by atoms with E-state index in [-0.39, 0.29) is 5.82 Å². The van der Waals surface area contributed by atoms with E-state index < -0.39 is 6.23 Å². The number of hydrogen-bond acceptors (Lipinski definition) is 7. The van der Waals surface area contributed by atoms with E-state index in [1.54, 1.807) is 12.4 Å². The summed E-state index contributed by atoms with van der Waals surface area (Å²) in [5.41, 5.74) is 15.9. The van der Waals surface area contributed by atoms with Gasteiger partial charge >= 0.3 is 0 Å². The van der Waals surface area contributed by atoms with Gasteiger partial charge in [-0.1, -0.05) is 24.3 Å². The number of anilines is 1. The molecule has 3 heterocycles. The molecule has 0 aliphatic carbocycles. The maximum Gasteiger partial charge on any atom is 0.247 e. The monoisotopic (exact) mass is 318 g/mol. The van der Waals surface area contributed by atoms with E-state index in [4.69, 9.17) is 16.2 Å². The summed E-state index contributed by atoms with van der Waals surface area (Å²) in [5, 5.41) is 0. The third kappa shape index (κ3) is 2.46. The lowest BCUT2D eigenvalue weighted by molar-refractivity contribution is 0.261. The van der Waals surface area contributed by atoms with Crippen molar-refractivity contribution in [1.29, 1.82) is 0 Å². The lowest BCUT2D eigenvalue weighted by Gasteiger charge is -2.22. The van der Waals surface area contributed by atoms with E-state index in [0.29, 0.717) is 17.3 Å². The van der Waals surface area contributed by atoms with Crippen molar-refractivity contribution >= 4 is 17.2 Å². The molecule has 1 aliphatic rings. The standard InChI is InChI=1S/C17H14N6O/c18-15-14-17(22-9-21-15)24-16(19)13(23-14)12-3-1-10(2-4-12)11-5-7-20-8-6-11/h1-9,16H,19H2,(H2,18,21,22). The van der Waals surface area contributed by atoms with Crippen molar-refractivity contribution in [2.24, 2.45) is 10.7 Å². The van der Waals surface area contributed by atoms with Crippen LogP contribution in [0.4, 0.5) is 11.5 Å². The summed E-state index contributed by atoms with van der Waals surface area (Å²) in [4.78, 5) is 16.5. The fourth-order valence-electron chi connectivity index (χ4n) is 2.53. The van der Waals surface area contributed by atoms with Gasteiger partial charge in [0.05, 0.1) is 0 Å². The average molecular weight is 318 g/mol. The highest BCUT2D eigenvalue weighted by atomic mass is 16.5. The molecule has 7 heteroatoms. The molecular formula is C17H14N6O. The molecule has 7 nitrogen and oxygen atoms in total. The zero-order valence-electron chi connectivity index (χ0n) is 12.6. The molecule has 0 spiro atoms. The Kier molecular flexibility index (Phi) is 3.40. The molecule has 1 atom stereocenters.